The minimum absolute atomic E-state index is 0.343. The fourth-order valence-electron chi connectivity index (χ4n) is 1.22. The first-order chi connectivity index (χ1) is 8.11. The molecule has 7 heteroatoms. The maximum absolute atomic E-state index is 13.5. The first kappa shape index (κ1) is 13.9. The average molecular weight is 256 g/mol. The zero-order valence-corrected chi connectivity index (χ0v) is 10.2. The molecule has 0 fully saturated rings. The first-order valence-electron chi connectivity index (χ1n) is 5.08. The van der Waals surface area contributed by atoms with Crippen LogP contribution in [0.2, 0.25) is 0 Å². The van der Waals surface area contributed by atoms with Gasteiger partial charge in [0.05, 0.1) is 4.92 Å². The summed E-state index contributed by atoms with van der Waals surface area (Å²) in [5.41, 5.74) is 3.08. The molecule has 0 saturated carbocycles. The van der Waals surface area contributed by atoms with Gasteiger partial charge in [-0.3, -0.25) is 10.1 Å². The number of rotatable bonds is 2. The number of anilines is 1. The molecule has 0 aliphatic carbocycles. The van der Waals surface area contributed by atoms with Crippen molar-refractivity contribution >= 4 is 17.3 Å². The van der Waals surface area contributed by atoms with Crippen molar-refractivity contribution in [1.82, 2.24) is 0 Å². The number of esters is 1. The SMILES string of the molecule is CC(C)(C)OC(=O)c1cc([N+](=O)[O-])c(N)cc1F. The molecule has 0 atom stereocenters. The second kappa shape index (κ2) is 4.59. The summed E-state index contributed by atoms with van der Waals surface area (Å²) < 4.78 is 18.5. The van der Waals surface area contributed by atoms with Gasteiger partial charge in [-0.25, -0.2) is 9.18 Å². The van der Waals surface area contributed by atoms with Crippen LogP contribution in [0.1, 0.15) is 31.1 Å². The van der Waals surface area contributed by atoms with Crippen LogP contribution in [0.3, 0.4) is 0 Å². The van der Waals surface area contributed by atoms with Crippen molar-refractivity contribution in [2.75, 3.05) is 5.73 Å². The molecule has 0 aromatic heterocycles. The third-order valence-corrected chi connectivity index (χ3v) is 1.93. The summed E-state index contributed by atoms with van der Waals surface area (Å²) in [6, 6.07) is 1.51. The largest absolute Gasteiger partial charge is 0.456 e. The van der Waals surface area contributed by atoms with Crippen LogP contribution in [0.15, 0.2) is 12.1 Å². The predicted octanol–water partition coefficient (Wildman–Crippen LogP) is 2.27. The number of nitrogens with zero attached hydrogens (tertiary/aromatic N) is 1. The van der Waals surface area contributed by atoms with Gasteiger partial charge in [0, 0.05) is 12.1 Å². The van der Waals surface area contributed by atoms with Gasteiger partial charge < -0.3 is 10.5 Å². The Morgan fingerprint density at radius 1 is 1.44 bits per heavy atom. The van der Waals surface area contributed by atoms with Gasteiger partial charge in [0.15, 0.2) is 0 Å². The van der Waals surface area contributed by atoms with Gasteiger partial charge in [-0.2, -0.15) is 0 Å². The van der Waals surface area contributed by atoms with Gasteiger partial charge in [0.2, 0.25) is 0 Å². The van der Waals surface area contributed by atoms with E-state index in [1.54, 1.807) is 20.8 Å². The molecular formula is C11H13FN2O4. The molecule has 18 heavy (non-hydrogen) atoms. The zero-order valence-electron chi connectivity index (χ0n) is 10.2. The smallest absolute Gasteiger partial charge is 0.341 e. The molecule has 0 saturated heterocycles. The number of nitro benzene ring substituents is 1. The molecule has 98 valence electrons. The number of nitrogen functional groups attached to an aromatic ring is 1. The number of nitrogens with two attached hydrogens (primary N) is 1. The molecule has 0 heterocycles. The number of carbonyl (C=O) groups is 1. The number of carbonyl (C=O) groups excluding carboxylic acids is 1. The third-order valence-electron chi connectivity index (χ3n) is 1.93. The van der Waals surface area contributed by atoms with Crippen LogP contribution >= 0.6 is 0 Å². The molecule has 1 rings (SSSR count). The van der Waals surface area contributed by atoms with Crippen molar-refractivity contribution < 1.29 is 18.8 Å². The van der Waals surface area contributed by atoms with Gasteiger partial charge >= 0.3 is 5.97 Å². The normalized spacial score (nSPS) is 11.1. The molecule has 0 aliphatic heterocycles. The Hall–Kier alpha value is -2.18. The highest BCUT2D eigenvalue weighted by Gasteiger charge is 2.25. The Bertz CT molecular complexity index is 509. The van der Waals surface area contributed by atoms with E-state index >= 15 is 0 Å². The summed E-state index contributed by atoms with van der Waals surface area (Å²) in [7, 11) is 0. The fraction of sp³-hybridized carbons (Fsp3) is 0.364. The number of benzene rings is 1. The molecule has 0 radical (unpaired) electrons. The molecule has 0 aliphatic rings. The van der Waals surface area contributed by atoms with Crippen LogP contribution in [0.25, 0.3) is 0 Å². The van der Waals surface area contributed by atoms with Crippen molar-refractivity contribution in [1.29, 1.82) is 0 Å². The van der Waals surface area contributed by atoms with Gasteiger partial charge in [0.1, 0.15) is 22.7 Å². The van der Waals surface area contributed by atoms with E-state index in [1.807, 2.05) is 0 Å². The highest BCUT2D eigenvalue weighted by molar-refractivity contribution is 5.91. The lowest BCUT2D eigenvalue weighted by atomic mass is 10.1. The van der Waals surface area contributed by atoms with Crippen LogP contribution < -0.4 is 5.73 Å². The minimum Gasteiger partial charge on any atom is -0.456 e. The van der Waals surface area contributed by atoms with E-state index < -0.39 is 33.6 Å². The molecule has 1 aromatic rings. The second-order valence-corrected chi connectivity index (χ2v) is 4.65. The third kappa shape index (κ3) is 3.16. The molecular weight excluding hydrogens is 243 g/mol. The molecule has 0 bridgehead atoms. The summed E-state index contributed by atoms with van der Waals surface area (Å²) in [6.45, 7) is 4.82. The fourth-order valence-corrected chi connectivity index (χ4v) is 1.22. The summed E-state index contributed by atoms with van der Waals surface area (Å²) in [6.07, 6.45) is 0. The van der Waals surface area contributed by atoms with Crippen molar-refractivity contribution in [2.45, 2.75) is 26.4 Å². The number of halogens is 1. The molecule has 0 amide bonds. The number of hydrogen-bond acceptors (Lipinski definition) is 5. The maximum Gasteiger partial charge on any atom is 0.341 e. The lowest BCUT2D eigenvalue weighted by Crippen LogP contribution is -2.24. The second-order valence-electron chi connectivity index (χ2n) is 4.65. The Morgan fingerprint density at radius 3 is 2.44 bits per heavy atom. The summed E-state index contributed by atoms with van der Waals surface area (Å²) in [4.78, 5) is 21.5. The number of ether oxygens (including phenoxy) is 1. The first-order valence-corrected chi connectivity index (χ1v) is 5.08. The summed E-state index contributed by atoms with van der Waals surface area (Å²) >= 11 is 0. The number of nitro groups is 1. The van der Waals surface area contributed by atoms with Crippen molar-refractivity contribution in [3.05, 3.63) is 33.6 Å². The predicted molar refractivity (Wildman–Crippen MR) is 62.6 cm³/mol. The van der Waals surface area contributed by atoms with Gasteiger partial charge in [0.25, 0.3) is 5.69 Å². The van der Waals surface area contributed by atoms with E-state index in [2.05, 4.69) is 0 Å². The van der Waals surface area contributed by atoms with Crippen LogP contribution in [0, 0.1) is 15.9 Å². The minimum atomic E-state index is -0.969. The van der Waals surface area contributed by atoms with Gasteiger partial charge in [-0.05, 0) is 20.8 Å². The Labute approximate surface area is 103 Å². The van der Waals surface area contributed by atoms with Gasteiger partial charge in [-0.15, -0.1) is 0 Å². The van der Waals surface area contributed by atoms with E-state index in [4.69, 9.17) is 10.5 Å². The number of hydrogen-bond donors (Lipinski definition) is 1. The highest BCUT2D eigenvalue weighted by Crippen LogP contribution is 2.26. The quantitative estimate of drug-likeness (QED) is 0.379. The van der Waals surface area contributed by atoms with Crippen molar-refractivity contribution in [3.63, 3.8) is 0 Å². The van der Waals surface area contributed by atoms with Crippen LogP contribution in [-0.4, -0.2) is 16.5 Å². The Balaban J connectivity index is 3.21. The Kier molecular flexibility index (Phi) is 3.54. The lowest BCUT2D eigenvalue weighted by Gasteiger charge is -2.19. The van der Waals surface area contributed by atoms with E-state index in [9.17, 15) is 19.3 Å². The van der Waals surface area contributed by atoms with Crippen LogP contribution in [0.4, 0.5) is 15.8 Å². The monoisotopic (exact) mass is 256 g/mol. The van der Waals surface area contributed by atoms with Crippen LogP contribution in [-0.2, 0) is 4.74 Å². The molecule has 6 nitrogen and oxygen atoms in total. The topological polar surface area (TPSA) is 95.5 Å². The lowest BCUT2D eigenvalue weighted by molar-refractivity contribution is -0.384. The van der Waals surface area contributed by atoms with E-state index in [-0.39, 0.29) is 5.69 Å². The van der Waals surface area contributed by atoms with Gasteiger partial charge in [-0.1, -0.05) is 0 Å². The molecule has 0 spiro atoms. The molecule has 2 N–H and O–H groups in total. The van der Waals surface area contributed by atoms with Crippen molar-refractivity contribution in [2.24, 2.45) is 0 Å². The average Bonchev–Trinajstić information content (AvgIpc) is 2.13. The summed E-state index contributed by atoms with van der Waals surface area (Å²) in [5.74, 6) is -1.92. The molecule has 0 unspecified atom stereocenters. The van der Waals surface area contributed by atoms with E-state index in [0.717, 1.165) is 12.1 Å². The zero-order chi connectivity index (χ0) is 14.1. The van der Waals surface area contributed by atoms with Crippen molar-refractivity contribution in [3.8, 4) is 0 Å². The van der Waals surface area contributed by atoms with E-state index in [0.29, 0.717) is 0 Å². The van der Waals surface area contributed by atoms with E-state index in [1.165, 1.54) is 0 Å². The standard InChI is InChI=1S/C11H13FN2O4/c1-11(2,3)18-10(15)6-4-9(14(16)17)8(13)5-7(6)12/h4-5H,13H2,1-3H3. The van der Waals surface area contributed by atoms with Crippen LogP contribution in [0.5, 0.6) is 0 Å². The highest BCUT2D eigenvalue weighted by atomic mass is 19.1. The maximum atomic E-state index is 13.5. The molecule has 1 aromatic carbocycles. The Morgan fingerprint density at radius 2 is 2.00 bits per heavy atom. The summed E-state index contributed by atoms with van der Waals surface area (Å²) in [5, 5.41) is 10.6.